The Balaban J connectivity index is 2.29. The van der Waals surface area contributed by atoms with E-state index in [-0.39, 0.29) is 18.7 Å². The summed E-state index contributed by atoms with van der Waals surface area (Å²) in [6.45, 7) is -0.00313. The van der Waals surface area contributed by atoms with Gasteiger partial charge >= 0.3 is 0 Å². The molecule has 1 aliphatic carbocycles. The van der Waals surface area contributed by atoms with E-state index in [4.69, 9.17) is 10.5 Å². The molecular formula is C13H12N2O4. The number of ether oxygens (including phenoxy) is 1. The number of rotatable bonds is 4. The minimum Gasteiger partial charge on any atom is -0.462 e. The molecule has 0 spiro atoms. The van der Waals surface area contributed by atoms with Crippen molar-refractivity contribution in [3.05, 3.63) is 47.7 Å². The van der Waals surface area contributed by atoms with Gasteiger partial charge in [0.15, 0.2) is 5.78 Å². The first-order chi connectivity index (χ1) is 9.10. The van der Waals surface area contributed by atoms with Crippen molar-refractivity contribution >= 4 is 18.0 Å². The number of nitrogens with two attached hydrogens (primary N) is 1. The molecule has 0 saturated carbocycles. The average molecular weight is 260 g/mol. The fraction of sp³-hybridized carbons (Fsp3) is 0.154. The molecule has 1 amide bonds. The maximum atomic E-state index is 11.4. The van der Waals surface area contributed by atoms with Crippen LogP contribution in [0, 0.1) is 0 Å². The summed E-state index contributed by atoms with van der Waals surface area (Å²) in [5, 5.41) is 0. The van der Waals surface area contributed by atoms with Gasteiger partial charge in [-0.05, 0) is 12.2 Å². The molecule has 2 N–H and O–H groups in total. The largest absolute Gasteiger partial charge is 0.462 e. The standard InChI is InChI=1S/C13H12N2O4/c14-13(18)7-15-3-4-19-12(6-15)11-5-10(17)2-1-9(11)8-16/h1-4,6,8H,5,7H2,(H2,14,18). The van der Waals surface area contributed by atoms with Crippen LogP contribution in [0.2, 0.25) is 0 Å². The zero-order valence-corrected chi connectivity index (χ0v) is 10.0. The van der Waals surface area contributed by atoms with Gasteiger partial charge in [-0.25, -0.2) is 0 Å². The molecule has 19 heavy (non-hydrogen) atoms. The summed E-state index contributed by atoms with van der Waals surface area (Å²) in [6.07, 6.45) is 8.01. The van der Waals surface area contributed by atoms with Gasteiger partial charge in [-0.15, -0.1) is 0 Å². The Kier molecular flexibility index (Phi) is 3.61. The van der Waals surface area contributed by atoms with Gasteiger partial charge in [-0.3, -0.25) is 14.4 Å². The molecule has 1 aliphatic heterocycles. The Labute approximate surface area is 109 Å². The molecule has 0 radical (unpaired) electrons. The minimum atomic E-state index is -0.494. The maximum Gasteiger partial charge on any atom is 0.237 e. The second-order valence-electron chi connectivity index (χ2n) is 4.06. The predicted octanol–water partition coefficient (Wildman–Crippen LogP) is 0.141. The molecule has 0 aromatic heterocycles. The SMILES string of the molecule is NC(=O)CN1C=COC(C2=C(C=O)C=CC(=O)C2)=C1. The third-order valence-corrected chi connectivity index (χ3v) is 2.64. The van der Waals surface area contributed by atoms with Gasteiger partial charge in [-0.2, -0.15) is 0 Å². The van der Waals surface area contributed by atoms with E-state index in [9.17, 15) is 14.4 Å². The van der Waals surface area contributed by atoms with Crippen LogP contribution in [0.15, 0.2) is 47.7 Å². The first-order valence-corrected chi connectivity index (χ1v) is 5.59. The molecule has 0 saturated heterocycles. The molecule has 6 heteroatoms. The quantitative estimate of drug-likeness (QED) is 0.726. The van der Waals surface area contributed by atoms with Crippen LogP contribution >= 0.6 is 0 Å². The lowest BCUT2D eigenvalue weighted by molar-refractivity contribution is -0.118. The molecule has 98 valence electrons. The van der Waals surface area contributed by atoms with Crippen LogP contribution < -0.4 is 5.73 Å². The first kappa shape index (κ1) is 12.8. The highest BCUT2D eigenvalue weighted by atomic mass is 16.5. The highest BCUT2D eigenvalue weighted by molar-refractivity contribution is 5.98. The van der Waals surface area contributed by atoms with E-state index in [1.165, 1.54) is 35.7 Å². The monoisotopic (exact) mass is 260 g/mol. The maximum absolute atomic E-state index is 11.4. The smallest absolute Gasteiger partial charge is 0.237 e. The topological polar surface area (TPSA) is 89.7 Å². The number of carbonyl (C=O) groups excluding carboxylic acids is 3. The number of allylic oxidation sites excluding steroid dienone is 4. The van der Waals surface area contributed by atoms with E-state index in [2.05, 4.69) is 0 Å². The minimum absolute atomic E-state index is 0.00313. The number of nitrogens with zero attached hydrogens (tertiary/aromatic N) is 1. The highest BCUT2D eigenvalue weighted by Crippen LogP contribution is 2.26. The predicted molar refractivity (Wildman–Crippen MR) is 66.1 cm³/mol. The summed E-state index contributed by atoms with van der Waals surface area (Å²) in [4.78, 5) is 34.8. The van der Waals surface area contributed by atoms with Crippen LogP contribution in [0.25, 0.3) is 0 Å². The summed E-state index contributed by atoms with van der Waals surface area (Å²) >= 11 is 0. The van der Waals surface area contributed by atoms with Crippen LogP contribution in [0.1, 0.15) is 6.42 Å². The average Bonchev–Trinajstić information content (AvgIpc) is 2.38. The molecule has 0 atom stereocenters. The normalized spacial score (nSPS) is 18.2. The summed E-state index contributed by atoms with van der Waals surface area (Å²) in [6, 6.07) is 0. The van der Waals surface area contributed by atoms with Gasteiger partial charge in [0.2, 0.25) is 5.91 Å². The number of amides is 1. The lowest BCUT2D eigenvalue weighted by Crippen LogP contribution is -2.28. The molecular weight excluding hydrogens is 248 g/mol. The zero-order chi connectivity index (χ0) is 13.8. The van der Waals surface area contributed by atoms with Crippen LogP contribution in [-0.4, -0.2) is 29.4 Å². The van der Waals surface area contributed by atoms with Gasteiger partial charge in [0.1, 0.15) is 24.9 Å². The number of aldehydes is 1. The van der Waals surface area contributed by atoms with Gasteiger partial charge in [0.25, 0.3) is 0 Å². The molecule has 2 aliphatic rings. The number of primary amides is 1. The molecule has 0 fully saturated rings. The number of hydrogen-bond acceptors (Lipinski definition) is 5. The second kappa shape index (κ2) is 5.34. The fourth-order valence-corrected chi connectivity index (χ4v) is 1.79. The molecule has 6 nitrogen and oxygen atoms in total. The van der Waals surface area contributed by atoms with Gasteiger partial charge in [0.05, 0.1) is 0 Å². The van der Waals surface area contributed by atoms with Crippen molar-refractivity contribution < 1.29 is 19.1 Å². The van der Waals surface area contributed by atoms with Gasteiger partial charge in [-0.1, -0.05) is 0 Å². The van der Waals surface area contributed by atoms with Crippen molar-refractivity contribution in [1.29, 1.82) is 0 Å². The summed E-state index contributed by atoms with van der Waals surface area (Å²) in [5.41, 5.74) is 5.99. The van der Waals surface area contributed by atoms with Crippen molar-refractivity contribution in [2.45, 2.75) is 6.42 Å². The summed E-state index contributed by atoms with van der Waals surface area (Å²) in [5.74, 6) is -0.240. The zero-order valence-electron chi connectivity index (χ0n) is 10.0. The fourth-order valence-electron chi connectivity index (χ4n) is 1.79. The Morgan fingerprint density at radius 1 is 1.47 bits per heavy atom. The lowest BCUT2D eigenvalue weighted by Gasteiger charge is -2.22. The third-order valence-electron chi connectivity index (χ3n) is 2.64. The number of hydrogen-bond donors (Lipinski definition) is 1. The Hall–Kier alpha value is -2.63. The second-order valence-corrected chi connectivity index (χ2v) is 4.06. The van der Waals surface area contributed by atoms with E-state index >= 15 is 0 Å². The number of carbonyl (C=O) groups is 3. The first-order valence-electron chi connectivity index (χ1n) is 5.59. The van der Waals surface area contributed by atoms with Crippen LogP contribution in [0.3, 0.4) is 0 Å². The van der Waals surface area contributed by atoms with Gasteiger partial charge in [0, 0.05) is 30.0 Å². The van der Waals surface area contributed by atoms with E-state index in [1.54, 1.807) is 0 Å². The Morgan fingerprint density at radius 2 is 2.26 bits per heavy atom. The van der Waals surface area contributed by atoms with Crippen molar-refractivity contribution in [1.82, 2.24) is 4.90 Å². The molecule has 0 bridgehead atoms. The van der Waals surface area contributed by atoms with Crippen molar-refractivity contribution in [2.24, 2.45) is 5.73 Å². The summed E-state index contributed by atoms with van der Waals surface area (Å²) < 4.78 is 5.29. The molecule has 0 aromatic carbocycles. The molecule has 2 rings (SSSR count). The van der Waals surface area contributed by atoms with Crippen LogP contribution in [-0.2, 0) is 19.1 Å². The van der Waals surface area contributed by atoms with Gasteiger partial charge < -0.3 is 15.4 Å². The molecule has 1 heterocycles. The van der Waals surface area contributed by atoms with E-state index in [0.29, 0.717) is 23.2 Å². The summed E-state index contributed by atoms with van der Waals surface area (Å²) in [7, 11) is 0. The van der Waals surface area contributed by atoms with Crippen LogP contribution in [0.4, 0.5) is 0 Å². The molecule has 0 aromatic rings. The van der Waals surface area contributed by atoms with Crippen molar-refractivity contribution in [3.63, 3.8) is 0 Å². The van der Waals surface area contributed by atoms with E-state index in [0.717, 1.165) is 0 Å². The number of ketones is 1. The third kappa shape index (κ3) is 2.98. The van der Waals surface area contributed by atoms with Crippen LogP contribution in [0.5, 0.6) is 0 Å². The molecule has 0 unspecified atom stereocenters. The highest BCUT2D eigenvalue weighted by Gasteiger charge is 2.20. The van der Waals surface area contributed by atoms with E-state index < -0.39 is 5.91 Å². The van der Waals surface area contributed by atoms with Crippen molar-refractivity contribution in [2.75, 3.05) is 6.54 Å². The van der Waals surface area contributed by atoms with E-state index in [1.807, 2.05) is 0 Å². The van der Waals surface area contributed by atoms with Crippen molar-refractivity contribution in [3.8, 4) is 0 Å². The Bertz CT molecular complexity index is 555. The Morgan fingerprint density at radius 3 is 2.95 bits per heavy atom. The lowest BCUT2D eigenvalue weighted by atomic mass is 9.96.